The van der Waals surface area contributed by atoms with Crippen LogP contribution in [0.2, 0.25) is 0 Å². The number of cyclic esters (lactones) is 1. The van der Waals surface area contributed by atoms with E-state index in [1.807, 2.05) is 6.07 Å². The summed E-state index contributed by atoms with van der Waals surface area (Å²) in [5, 5.41) is 8.61. The van der Waals surface area contributed by atoms with Gasteiger partial charge in [-0.3, -0.25) is 0 Å². The minimum absolute atomic E-state index is 0.0847. The van der Waals surface area contributed by atoms with Gasteiger partial charge < -0.3 is 18.9 Å². The molecule has 0 saturated carbocycles. The minimum atomic E-state index is -0.537. The zero-order chi connectivity index (χ0) is 19.2. The molecule has 1 aliphatic rings. The number of benzene rings is 2. The smallest absolute Gasteiger partial charge is 0.363 e. The van der Waals surface area contributed by atoms with E-state index in [1.54, 1.807) is 55.7 Å². The molecule has 0 radical (unpaired) electrons. The molecule has 0 N–H and O–H groups in total. The number of esters is 1. The van der Waals surface area contributed by atoms with Crippen molar-refractivity contribution in [3.05, 3.63) is 59.3 Å². The second-order valence-electron chi connectivity index (χ2n) is 5.42. The van der Waals surface area contributed by atoms with Gasteiger partial charge in [0.15, 0.2) is 23.8 Å². The van der Waals surface area contributed by atoms with Gasteiger partial charge in [0, 0.05) is 5.56 Å². The predicted octanol–water partition coefficient (Wildman–Crippen LogP) is 2.95. The molecule has 27 heavy (non-hydrogen) atoms. The molecule has 3 rings (SSSR count). The Morgan fingerprint density at radius 2 is 1.89 bits per heavy atom. The van der Waals surface area contributed by atoms with Gasteiger partial charge in [-0.25, -0.2) is 9.79 Å². The molecule has 0 bridgehead atoms. The highest BCUT2D eigenvalue weighted by molar-refractivity contribution is 6.12. The maximum Gasteiger partial charge on any atom is 0.363 e. The van der Waals surface area contributed by atoms with E-state index in [0.29, 0.717) is 28.4 Å². The average molecular weight is 364 g/mol. The topological polar surface area (TPSA) is 90.1 Å². The quantitative estimate of drug-likeness (QED) is 0.578. The summed E-state index contributed by atoms with van der Waals surface area (Å²) >= 11 is 0. The summed E-state index contributed by atoms with van der Waals surface area (Å²) in [7, 11) is 3.07. The SMILES string of the molecule is COc1ccc(C2=N/C(=C\c3ccc(OCC#N)c(OC)c3)C(=O)O2)cc1. The van der Waals surface area contributed by atoms with Crippen LogP contribution in [0.1, 0.15) is 11.1 Å². The van der Waals surface area contributed by atoms with Gasteiger partial charge in [-0.05, 0) is 48.0 Å². The summed E-state index contributed by atoms with van der Waals surface area (Å²) in [5.41, 5.74) is 1.53. The van der Waals surface area contributed by atoms with Gasteiger partial charge in [-0.15, -0.1) is 0 Å². The average Bonchev–Trinajstić information content (AvgIpc) is 3.07. The second kappa shape index (κ2) is 8.06. The lowest BCUT2D eigenvalue weighted by atomic mass is 10.1. The van der Waals surface area contributed by atoms with Crippen molar-refractivity contribution in [3.63, 3.8) is 0 Å². The zero-order valence-corrected chi connectivity index (χ0v) is 14.8. The monoisotopic (exact) mass is 364 g/mol. The Balaban J connectivity index is 1.86. The van der Waals surface area contributed by atoms with Gasteiger partial charge in [0.2, 0.25) is 5.90 Å². The minimum Gasteiger partial charge on any atom is -0.497 e. The van der Waals surface area contributed by atoms with E-state index in [2.05, 4.69) is 4.99 Å². The van der Waals surface area contributed by atoms with Gasteiger partial charge >= 0.3 is 5.97 Å². The maximum absolute atomic E-state index is 12.1. The number of carbonyl (C=O) groups is 1. The van der Waals surface area contributed by atoms with Crippen LogP contribution in [0, 0.1) is 11.3 Å². The summed E-state index contributed by atoms with van der Waals surface area (Å²) in [6.45, 7) is -0.0847. The molecule has 0 amide bonds. The molecule has 0 aromatic heterocycles. The lowest BCUT2D eigenvalue weighted by Crippen LogP contribution is -2.05. The van der Waals surface area contributed by atoms with Crippen molar-refractivity contribution in [2.24, 2.45) is 4.99 Å². The fourth-order valence-corrected chi connectivity index (χ4v) is 2.43. The van der Waals surface area contributed by atoms with E-state index < -0.39 is 5.97 Å². The molecular weight excluding hydrogens is 348 g/mol. The molecule has 7 heteroatoms. The van der Waals surface area contributed by atoms with E-state index >= 15 is 0 Å². The normalized spacial score (nSPS) is 14.3. The standard InChI is InChI=1S/C20H16N2O5/c1-24-15-6-4-14(5-7-15)19-22-16(20(23)27-19)11-13-3-8-17(26-10-9-21)18(12-13)25-2/h3-8,11-12H,10H2,1-2H3/b16-11-. The Bertz CT molecular complexity index is 955. The van der Waals surface area contributed by atoms with E-state index in [4.69, 9.17) is 24.2 Å². The van der Waals surface area contributed by atoms with Crippen molar-refractivity contribution in [1.29, 1.82) is 5.26 Å². The highest BCUT2D eigenvalue weighted by atomic mass is 16.6. The third-order valence-corrected chi connectivity index (χ3v) is 3.74. The molecule has 0 fully saturated rings. The molecule has 2 aromatic carbocycles. The van der Waals surface area contributed by atoms with Gasteiger partial charge in [-0.1, -0.05) is 6.07 Å². The molecular formula is C20H16N2O5. The maximum atomic E-state index is 12.1. The van der Waals surface area contributed by atoms with Crippen molar-refractivity contribution in [2.45, 2.75) is 0 Å². The van der Waals surface area contributed by atoms with Crippen LogP contribution in [0.3, 0.4) is 0 Å². The van der Waals surface area contributed by atoms with E-state index in [0.717, 1.165) is 0 Å². The van der Waals surface area contributed by atoms with E-state index in [9.17, 15) is 4.79 Å². The molecule has 1 heterocycles. The molecule has 0 atom stereocenters. The molecule has 1 aliphatic heterocycles. The molecule has 0 aliphatic carbocycles. The van der Waals surface area contributed by atoms with Crippen LogP contribution >= 0.6 is 0 Å². The molecule has 0 unspecified atom stereocenters. The Hall–Kier alpha value is -3.79. The Kier molecular flexibility index (Phi) is 5.38. The zero-order valence-electron chi connectivity index (χ0n) is 14.8. The van der Waals surface area contributed by atoms with Crippen molar-refractivity contribution >= 4 is 17.9 Å². The van der Waals surface area contributed by atoms with E-state index in [-0.39, 0.29) is 18.2 Å². The summed E-state index contributed by atoms with van der Waals surface area (Å²) in [6.07, 6.45) is 1.59. The van der Waals surface area contributed by atoms with Crippen LogP contribution in [0.5, 0.6) is 17.2 Å². The number of nitrogens with zero attached hydrogens (tertiary/aromatic N) is 2. The summed E-state index contributed by atoms with van der Waals surface area (Å²) in [6, 6.07) is 14.0. The Morgan fingerprint density at radius 1 is 1.11 bits per heavy atom. The number of hydrogen-bond acceptors (Lipinski definition) is 7. The van der Waals surface area contributed by atoms with Crippen molar-refractivity contribution < 1.29 is 23.7 Å². The number of aliphatic imine (C=N–C) groups is 1. The predicted molar refractivity (Wildman–Crippen MR) is 97.7 cm³/mol. The molecule has 0 saturated heterocycles. The first-order chi connectivity index (χ1) is 13.1. The van der Waals surface area contributed by atoms with Crippen LogP contribution in [0.15, 0.2) is 53.2 Å². The Morgan fingerprint density at radius 3 is 2.56 bits per heavy atom. The van der Waals surface area contributed by atoms with Gasteiger partial charge in [-0.2, -0.15) is 5.26 Å². The van der Waals surface area contributed by atoms with E-state index in [1.165, 1.54) is 7.11 Å². The van der Waals surface area contributed by atoms with Crippen LogP contribution < -0.4 is 14.2 Å². The fourth-order valence-electron chi connectivity index (χ4n) is 2.43. The highest BCUT2D eigenvalue weighted by Crippen LogP contribution is 2.29. The molecule has 2 aromatic rings. The lowest BCUT2D eigenvalue weighted by Gasteiger charge is -2.08. The fraction of sp³-hybridized carbons (Fsp3) is 0.150. The molecule has 136 valence electrons. The lowest BCUT2D eigenvalue weighted by molar-refractivity contribution is -0.129. The number of rotatable bonds is 6. The Labute approximate surface area is 156 Å². The van der Waals surface area contributed by atoms with Gasteiger partial charge in [0.25, 0.3) is 0 Å². The number of ether oxygens (including phenoxy) is 4. The third kappa shape index (κ3) is 4.07. The second-order valence-corrected chi connectivity index (χ2v) is 5.42. The number of carbonyl (C=O) groups excluding carboxylic acids is 1. The largest absolute Gasteiger partial charge is 0.497 e. The van der Waals surface area contributed by atoms with Crippen LogP contribution in [0.4, 0.5) is 0 Å². The van der Waals surface area contributed by atoms with Crippen LogP contribution in [0.25, 0.3) is 6.08 Å². The first-order valence-electron chi connectivity index (χ1n) is 7.99. The first-order valence-corrected chi connectivity index (χ1v) is 7.99. The van der Waals surface area contributed by atoms with Gasteiger partial charge in [0.1, 0.15) is 11.8 Å². The summed E-state index contributed by atoms with van der Waals surface area (Å²) in [5.74, 6) is 1.28. The van der Waals surface area contributed by atoms with Crippen LogP contribution in [-0.4, -0.2) is 32.7 Å². The molecule has 0 spiro atoms. The third-order valence-electron chi connectivity index (χ3n) is 3.74. The highest BCUT2D eigenvalue weighted by Gasteiger charge is 2.24. The molecule has 7 nitrogen and oxygen atoms in total. The summed E-state index contributed by atoms with van der Waals surface area (Å²) in [4.78, 5) is 16.4. The van der Waals surface area contributed by atoms with Gasteiger partial charge in [0.05, 0.1) is 14.2 Å². The van der Waals surface area contributed by atoms with Crippen molar-refractivity contribution in [3.8, 4) is 23.3 Å². The number of hydrogen-bond donors (Lipinski definition) is 0. The van der Waals surface area contributed by atoms with Crippen molar-refractivity contribution in [2.75, 3.05) is 20.8 Å². The summed E-state index contributed by atoms with van der Waals surface area (Å²) < 4.78 is 20.9. The van der Waals surface area contributed by atoms with Crippen LogP contribution in [-0.2, 0) is 9.53 Å². The number of methoxy groups -OCH3 is 2. The number of nitriles is 1. The first kappa shape index (κ1) is 18.0. The van der Waals surface area contributed by atoms with Crippen molar-refractivity contribution in [1.82, 2.24) is 0 Å².